The molecule has 0 saturated carbocycles. The minimum absolute atomic E-state index is 0.132. The Hall–Kier alpha value is -3.03. The number of alkyl halides is 3. The zero-order valence-electron chi connectivity index (χ0n) is 21.0. The number of halogens is 3. The summed E-state index contributed by atoms with van der Waals surface area (Å²) >= 11 is 0. The van der Waals surface area contributed by atoms with Crippen LogP contribution in [0.15, 0.2) is 36.4 Å². The number of benzene rings is 2. The van der Waals surface area contributed by atoms with Gasteiger partial charge in [0.1, 0.15) is 17.6 Å². The monoisotopic (exact) mass is 478 g/mol. The third kappa shape index (κ3) is 6.52. The fourth-order valence-corrected chi connectivity index (χ4v) is 3.53. The lowest BCUT2D eigenvalue weighted by Crippen LogP contribution is -2.53. The Morgan fingerprint density at radius 1 is 0.971 bits per heavy atom. The molecule has 186 valence electrons. The maximum absolute atomic E-state index is 13.4. The lowest BCUT2D eigenvalue weighted by Gasteiger charge is -2.37. The van der Waals surface area contributed by atoms with Crippen LogP contribution in [0.5, 0.6) is 5.75 Å². The van der Waals surface area contributed by atoms with Gasteiger partial charge in [-0.05, 0) is 89.4 Å². The summed E-state index contributed by atoms with van der Waals surface area (Å²) in [5.41, 5.74) is 0.564. The van der Waals surface area contributed by atoms with Crippen molar-refractivity contribution in [1.29, 1.82) is 0 Å². The molecule has 2 amide bonds. The van der Waals surface area contributed by atoms with Gasteiger partial charge in [-0.25, -0.2) is 4.79 Å². The van der Waals surface area contributed by atoms with E-state index in [1.165, 1.54) is 29.0 Å². The lowest BCUT2D eigenvalue weighted by atomic mass is 10.0. The average molecular weight is 479 g/mol. The van der Waals surface area contributed by atoms with Gasteiger partial charge in [0.2, 0.25) is 0 Å². The number of carbonyl (C=O) groups excluding carboxylic acids is 2. The number of hydrogen-bond acceptors (Lipinski definition) is 3. The molecule has 0 aliphatic carbocycles. The first kappa shape index (κ1) is 27.2. The second-order valence-electron chi connectivity index (χ2n) is 10.0. The topological polar surface area (TPSA) is 49.9 Å². The van der Waals surface area contributed by atoms with E-state index in [0.29, 0.717) is 6.29 Å². The van der Waals surface area contributed by atoms with Crippen LogP contribution >= 0.6 is 0 Å². The summed E-state index contributed by atoms with van der Waals surface area (Å²) in [6, 6.07) is 7.63. The quantitative estimate of drug-likeness (QED) is 0.443. The van der Waals surface area contributed by atoms with Crippen molar-refractivity contribution in [2.45, 2.75) is 72.3 Å². The third-order valence-corrected chi connectivity index (χ3v) is 5.35. The van der Waals surface area contributed by atoms with Crippen LogP contribution in [0.1, 0.15) is 56.9 Å². The summed E-state index contributed by atoms with van der Waals surface area (Å²) in [6.45, 7) is 13.1. The maximum atomic E-state index is 13.4. The first-order chi connectivity index (χ1) is 15.5. The van der Waals surface area contributed by atoms with Crippen LogP contribution in [0.3, 0.4) is 0 Å². The van der Waals surface area contributed by atoms with Crippen molar-refractivity contribution in [3.8, 4) is 5.75 Å². The second kappa shape index (κ2) is 9.68. The molecule has 0 unspecified atom stereocenters. The van der Waals surface area contributed by atoms with E-state index < -0.39 is 23.3 Å². The van der Waals surface area contributed by atoms with E-state index in [4.69, 9.17) is 4.74 Å². The van der Waals surface area contributed by atoms with Gasteiger partial charge in [0, 0.05) is 19.3 Å². The van der Waals surface area contributed by atoms with Crippen LogP contribution in [0.2, 0.25) is 0 Å². The molecular weight excluding hydrogens is 445 g/mol. The van der Waals surface area contributed by atoms with E-state index in [0.717, 1.165) is 34.6 Å². The Morgan fingerprint density at radius 3 is 1.88 bits per heavy atom. The van der Waals surface area contributed by atoms with Crippen molar-refractivity contribution in [3.05, 3.63) is 58.7 Å². The number of carbonyl (C=O) groups is 2. The first-order valence-corrected chi connectivity index (χ1v) is 10.9. The van der Waals surface area contributed by atoms with Crippen LogP contribution < -0.4 is 9.64 Å². The number of aldehydes is 1. The fourth-order valence-electron chi connectivity index (χ4n) is 3.53. The Labute approximate surface area is 199 Å². The molecule has 2 aromatic rings. The number of amides is 2. The van der Waals surface area contributed by atoms with Gasteiger partial charge in [0.05, 0.1) is 11.1 Å². The van der Waals surface area contributed by atoms with Crippen molar-refractivity contribution < 1.29 is 27.5 Å². The number of aryl methyl sites for hydroxylation is 2. The Bertz CT molecular complexity index is 1020. The minimum atomic E-state index is -4.47. The minimum Gasteiger partial charge on any atom is -0.488 e. The number of nitrogens with zero attached hydrogens (tertiary/aromatic N) is 2. The fraction of sp³-hybridized carbons (Fsp3) is 0.462. The number of urea groups is 1. The molecule has 0 radical (unpaired) electrons. The standard InChI is InChI=1S/C26H33F3N2O3/c1-17-13-19(14-18(2)22(17)34-24(3,4)5)15-31(25(6,7)16-32)23(33)30(8)21-11-9-20(10-12-21)26(27,28)29/h9-14,16H,15H2,1-8H3. The molecule has 0 saturated heterocycles. The highest BCUT2D eigenvalue weighted by atomic mass is 19.4. The molecule has 0 aliphatic rings. The van der Waals surface area contributed by atoms with Gasteiger partial charge in [0.25, 0.3) is 0 Å². The van der Waals surface area contributed by atoms with Gasteiger partial charge >= 0.3 is 12.2 Å². The zero-order valence-corrected chi connectivity index (χ0v) is 21.0. The number of hydrogen-bond donors (Lipinski definition) is 0. The summed E-state index contributed by atoms with van der Waals surface area (Å²) in [4.78, 5) is 27.9. The highest BCUT2D eigenvalue weighted by molar-refractivity contribution is 5.93. The molecule has 0 aliphatic heterocycles. The highest BCUT2D eigenvalue weighted by Crippen LogP contribution is 2.32. The molecule has 8 heteroatoms. The predicted octanol–water partition coefficient (Wildman–Crippen LogP) is 6.54. The molecule has 0 heterocycles. The smallest absolute Gasteiger partial charge is 0.416 e. The van der Waals surface area contributed by atoms with Gasteiger partial charge in [-0.2, -0.15) is 13.2 Å². The Kier molecular flexibility index (Phi) is 7.75. The van der Waals surface area contributed by atoms with Crippen LogP contribution in [0, 0.1) is 13.8 Å². The first-order valence-electron chi connectivity index (χ1n) is 10.9. The SMILES string of the molecule is Cc1cc(CN(C(=O)N(C)c2ccc(C(F)(F)F)cc2)C(C)(C)C=O)cc(C)c1OC(C)(C)C. The second-order valence-corrected chi connectivity index (χ2v) is 10.0. The summed E-state index contributed by atoms with van der Waals surface area (Å²) in [5, 5.41) is 0. The molecule has 5 nitrogen and oxygen atoms in total. The van der Waals surface area contributed by atoms with E-state index in [9.17, 15) is 22.8 Å². The average Bonchev–Trinajstić information content (AvgIpc) is 2.72. The highest BCUT2D eigenvalue weighted by Gasteiger charge is 2.34. The maximum Gasteiger partial charge on any atom is 0.416 e. The van der Waals surface area contributed by atoms with E-state index >= 15 is 0 Å². The molecule has 0 aromatic heterocycles. The third-order valence-electron chi connectivity index (χ3n) is 5.35. The van der Waals surface area contributed by atoms with Gasteiger partial charge < -0.3 is 14.4 Å². The molecule has 2 aromatic carbocycles. The number of anilines is 1. The van der Waals surface area contributed by atoms with E-state index in [1.54, 1.807) is 13.8 Å². The van der Waals surface area contributed by atoms with E-state index in [2.05, 4.69) is 0 Å². The predicted molar refractivity (Wildman–Crippen MR) is 127 cm³/mol. The largest absolute Gasteiger partial charge is 0.488 e. The van der Waals surface area contributed by atoms with Crippen LogP contribution in [0.25, 0.3) is 0 Å². The van der Waals surface area contributed by atoms with Crippen LogP contribution in [-0.2, 0) is 17.5 Å². The normalized spacial score (nSPS) is 12.3. The molecule has 0 fully saturated rings. The van der Waals surface area contributed by atoms with E-state index in [-0.39, 0.29) is 17.8 Å². The zero-order chi connectivity index (χ0) is 26.1. The Morgan fingerprint density at radius 2 is 1.47 bits per heavy atom. The van der Waals surface area contributed by atoms with Crippen molar-refractivity contribution in [2.75, 3.05) is 11.9 Å². The molecule has 0 atom stereocenters. The van der Waals surface area contributed by atoms with Crippen molar-refractivity contribution in [1.82, 2.24) is 4.90 Å². The van der Waals surface area contributed by atoms with Gasteiger partial charge in [-0.3, -0.25) is 4.90 Å². The van der Waals surface area contributed by atoms with Gasteiger partial charge in [0.15, 0.2) is 0 Å². The van der Waals surface area contributed by atoms with Crippen LogP contribution in [0.4, 0.5) is 23.7 Å². The summed E-state index contributed by atoms with van der Waals surface area (Å²) in [5.74, 6) is 0.769. The molecule has 0 N–H and O–H groups in total. The van der Waals surface area contributed by atoms with Gasteiger partial charge in [-0.15, -0.1) is 0 Å². The Balaban J connectivity index is 2.38. The van der Waals surface area contributed by atoms with Crippen LogP contribution in [-0.4, -0.2) is 35.4 Å². The molecule has 34 heavy (non-hydrogen) atoms. The molecule has 2 rings (SSSR count). The van der Waals surface area contributed by atoms with Crippen molar-refractivity contribution in [3.63, 3.8) is 0 Å². The van der Waals surface area contributed by atoms with Gasteiger partial charge in [-0.1, -0.05) is 12.1 Å². The summed E-state index contributed by atoms with van der Waals surface area (Å²) < 4.78 is 44.8. The van der Waals surface area contributed by atoms with E-state index in [1.807, 2.05) is 46.8 Å². The summed E-state index contributed by atoms with van der Waals surface area (Å²) in [7, 11) is 1.47. The molecule has 0 spiro atoms. The molecule has 0 bridgehead atoms. The van der Waals surface area contributed by atoms with Crippen molar-refractivity contribution >= 4 is 18.0 Å². The van der Waals surface area contributed by atoms with Crippen molar-refractivity contribution in [2.24, 2.45) is 0 Å². The number of ether oxygens (including phenoxy) is 1. The number of rotatable bonds is 6. The summed E-state index contributed by atoms with van der Waals surface area (Å²) in [6.07, 6.45) is -3.78. The lowest BCUT2D eigenvalue weighted by molar-refractivity contribution is -0.137. The molecular formula is C26H33F3N2O3.